The lowest BCUT2D eigenvalue weighted by Gasteiger charge is -2.16. The lowest BCUT2D eigenvalue weighted by Crippen LogP contribution is -2.06. The molecule has 0 unspecified atom stereocenters. The number of aromatic nitrogens is 1. The predicted molar refractivity (Wildman–Crippen MR) is 75.0 cm³/mol. The van der Waals surface area contributed by atoms with Crippen LogP contribution < -0.4 is 5.32 Å². The first-order valence-corrected chi connectivity index (χ1v) is 6.49. The van der Waals surface area contributed by atoms with Crippen molar-refractivity contribution in [3.05, 3.63) is 34.2 Å². The van der Waals surface area contributed by atoms with Crippen LogP contribution in [0.1, 0.15) is 25.1 Å². The van der Waals surface area contributed by atoms with E-state index in [9.17, 15) is 4.39 Å². The van der Waals surface area contributed by atoms with Gasteiger partial charge in [0.15, 0.2) is 0 Å². The zero-order valence-corrected chi connectivity index (χ0v) is 11.5. The molecular formula is C14H16ClFN2. The molecule has 1 N–H and O–H groups in total. The maximum Gasteiger partial charge on any atom is 0.149 e. The fraction of sp³-hybridized carbons (Fsp3) is 0.357. The van der Waals surface area contributed by atoms with Crippen molar-refractivity contribution in [2.45, 2.75) is 27.2 Å². The van der Waals surface area contributed by atoms with Crippen molar-refractivity contribution in [2.75, 3.05) is 11.9 Å². The van der Waals surface area contributed by atoms with Crippen molar-refractivity contribution < 1.29 is 4.39 Å². The van der Waals surface area contributed by atoms with Crippen LogP contribution >= 0.6 is 11.6 Å². The van der Waals surface area contributed by atoms with Crippen LogP contribution in [0.2, 0.25) is 5.02 Å². The summed E-state index contributed by atoms with van der Waals surface area (Å²) in [5.74, 6) is -0.334. The molecule has 2 aromatic rings. The number of nitrogens with one attached hydrogen (secondary N) is 1. The number of hydrogen-bond donors (Lipinski definition) is 1. The molecule has 0 fully saturated rings. The maximum atomic E-state index is 13.9. The van der Waals surface area contributed by atoms with Crippen LogP contribution in [-0.4, -0.2) is 11.5 Å². The molecule has 0 spiro atoms. The van der Waals surface area contributed by atoms with Crippen LogP contribution in [0.25, 0.3) is 10.9 Å². The Kier molecular flexibility index (Phi) is 3.71. The van der Waals surface area contributed by atoms with E-state index >= 15 is 0 Å². The quantitative estimate of drug-likeness (QED) is 0.894. The Bertz CT molecular complexity index is 596. The van der Waals surface area contributed by atoms with E-state index in [1.165, 1.54) is 6.07 Å². The van der Waals surface area contributed by atoms with Gasteiger partial charge in [0.2, 0.25) is 0 Å². The normalized spacial score (nSPS) is 10.9. The second-order valence-electron chi connectivity index (χ2n) is 4.19. The van der Waals surface area contributed by atoms with Crippen molar-refractivity contribution in [3.63, 3.8) is 0 Å². The average molecular weight is 267 g/mol. The molecular weight excluding hydrogens is 251 g/mol. The maximum absolute atomic E-state index is 13.9. The highest BCUT2D eigenvalue weighted by Gasteiger charge is 2.16. The molecule has 0 saturated heterocycles. The van der Waals surface area contributed by atoms with Gasteiger partial charge in [0.1, 0.15) is 11.3 Å². The second kappa shape index (κ2) is 5.11. The largest absolute Gasteiger partial charge is 0.384 e. The van der Waals surface area contributed by atoms with Crippen LogP contribution in [0.4, 0.5) is 10.1 Å². The minimum atomic E-state index is -0.334. The Labute approximate surface area is 111 Å². The third-order valence-corrected chi connectivity index (χ3v) is 3.37. The zero-order chi connectivity index (χ0) is 13.3. The Morgan fingerprint density at radius 3 is 2.67 bits per heavy atom. The van der Waals surface area contributed by atoms with Crippen LogP contribution in [0, 0.1) is 12.7 Å². The lowest BCUT2D eigenvalue weighted by molar-refractivity contribution is 0.636. The number of fused-ring (bicyclic) bond motifs is 1. The van der Waals surface area contributed by atoms with Gasteiger partial charge < -0.3 is 5.32 Å². The van der Waals surface area contributed by atoms with Gasteiger partial charge in [0.05, 0.1) is 10.7 Å². The molecule has 96 valence electrons. The van der Waals surface area contributed by atoms with Crippen LogP contribution in [0.3, 0.4) is 0 Å². The van der Waals surface area contributed by atoms with Gasteiger partial charge in [-0.3, -0.25) is 0 Å². The van der Waals surface area contributed by atoms with Gasteiger partial charge in [0.25, 0.3) is 0 Å². The van der Waals surface area contributed by atoms with Gasteiger partial charge in [-0.2, -0.15) is 0 Å². The summed E-state index contributed by atoms with van der Waals surface area (Å²) in [6.45, 7) is 6.73. The summed E-state index contributed by atoms with van der Waals surface area (Å²) in [6.07, 6.45) is 0.837. The number of pyridine rings is 1. The number of hydrogen-bond acceptors (Lipinski definition) is 2. The Balaban J connectivity index is 2.91. The van der Waals surface area contributed by atoms with E-state index in [-0.39, 0.29) is 5.82 Å². The molecule has 0 aliphatic heterocycles. The first kappa shape index (κ1) is 13.1. The predicted octanol–water partition coefficient (Wildman–Crippen LogP) is 4.33. The Hall–Kier alpha value is -1.35. The third-order valence-electron chi connectivity index (χ3n) is 3.05. The second-order valence-corrected chi connectivity index (χ2v) is 4.59. The summed E-state index contributed by atoms with van der Waals surface area (Å²) < 4.78 is 13.9. The summed E-state index contributed by atoms with van der Waals surface area (Å²) >= 11 is 6.20. The van der Waals surface area contributed by atoms with E-state index in [2.05, 4.69) is 17.2 Å². The first-order valence-electron chi connectivity index (χ1n) is 6.11. The molecule has 0 saturated carbocycles. The summed E-state index contributed by atoms with van der Waals surface area (Å²) in [7, 11) is 0. The molecule has 0 bridgehead atoms. The van der Waals surface area contributed by atoms with Crippen LogP contribution in [0.5, 0.6) is 0 Å². The first-order chi connectivity index (χ1) is 8.60. The van der Waals surface area contributed by atoms with Crippen molar-refractivity contribution in [2.24, 2.45) is 0 Å². The Morgan fingerprint density at radius 2 is 2.06 bits per heavy atom. The number of anilines is 1. The van der Waals surface area contributed by atoms with Crippen LogP contribution in [0.15, 0.2) is 12.1 Å². The topological polar surface area (TPSA) is 24.9 Å². The summed E-state index contributed by atoms with van der Waals surface area (Å²) in [5, 5.41) is 4.50. The van der Waals surface area contributed by atoms with Crippen molar-refractivity contribution in [3.8, 4) is 0 Å². The molecule has 2 rings (SSSR count). The van der Waals surface area contributed by atoms with Gasteiger partial charge in [-0.1, -0.05) is 18.5 Å². The summed E-state index contributed by atoms with van der Waals surface area (Å²) in [5.41, 5.74) is 3.19. The molecule has 0 aliphatic carbocycles. The average Bonchev–Trinajstić information content (AvgIpc) is 2.34. The minimum absolute atomic E-state index is 0.334. The van der Waals surface area contributed by atoms with E-state index in [1.54, 1.807) is 6.07 Å². The fourth-order valence-electron chi connectivity index (χ4n) is 2.26. The SMILES string of the molecule is CCNc1c(CC)c(C)nc2c(F)ccc(Cl)c12. The van der Waals surface area contributed by atoms with Crippen molar-refractivity contribution in [1.29, 1.82) is 0 Å². The van der Waals surface area contributed by atoms with Crippen molar-refractivity contribution >= 4 is 28.2 Å². The van der Waals surface area contributed by atoms with E-state index in [0.717, 1.165) is 29.9 Å². The van der Waals surface area contributed by atoms with Crippen LogP contribution in [-0.2, 0) is 6.42 Å². The van der Waals surface area contributed by atoms with E-state index in [1.807, 2.05) is 13.8 Å². The lowest BCUT2D eigenvalue weighted by atomic mass is 10.0. The smallest absolute Gasteiger partial charge is 0.149 e. The molecule has 18 heavy (non-hydrogen) atoms. The molecule has 1 aromatic heterocycles. The molecule has 2 nitrogen and oxygen atoms in total. The standard InChI is InChI=1S/C14H16ClFN2/c1-4-9-8(3)18-14-11(16)7-6-10(15)12(14)13(9)17-5-2/h6-7H,4-5H2,1-3H3,(H,17,18). The number of nitrogens with zero attached hydrogens (tertiary/aromatic N) is 1. The zero-order valence-electron chi connectivity index (χ0n) is 10.8. The van der Waals surface area contributed by atoms with Gasteiger partial charge >= 0.3 is 0 Å². The highest BCUT2D eigenvalue weighted by molar-refractivity contribution is 6.36. The molecule has 0 radical (unpaired) electrons. The number of aryl methyl sites for hydroxylation is 1. The minimum Gasteiger partial charge on any atom is -0.384 e. The molecule has 0 atom stereocenters. The highest BCUT2D eigenvalue weighted by Crippen LogP contribution is 2.35. The Morgan fingerprint density at radius 1 is 1.33 bits per heavy atom. The summed E-state index contributed by atoms with van der Waals surface area (Å²) in [4.78, 5) is 4.35. The van der Waals surface area contributed by atoms with E-state index < -0.39 is 0 Å². The number of benzene rings is 1. The highest BCUT2D eigenvalue weighted by atomic mass is 35.5. The van der Waals surface area contributed by atoms with Gasteiger partial charge in [0, 0.05) is 17.6 Å². The monoisotopic (exact) mass is 266 g/mol. The van der Waals surface area contributed by atoms with Gasteiger partial charge in [-0.05, 0) is 38.0 Å². The third kappa shape index (κ3) is 2.03. The fourth-order valence-corrected chi connectivity index (χ4v) is 2.51. The summed E-state index contributed by atoms with van der Waals surface area (Å²) in [6, 6.07) is 2.94. The molecule has 1 heterocycles. The van der Waals surface area contributed by atoms with E-state index in [4.69, 9.17) is 11.6 Å². The van der Waals surface area contributed by atoms with Gasteiger partial charge in [-0.25, -0.2) is 9.37 Å². The van der Waals surface area contributed by atoms with Gasteiger partial charge in [-0.15, -0.1) is 0 Å². The number of rotatable bonds is 3. The van der Waals surface area contributed by atoms with Crippen molar-refractivity contribution in [1.82, 2.24) is 4.98 Å². The molecule has 0 aliphatic rings. The van der Waals surface area contributed by atoms with E-state index in [0.29, 0.717) is 15.9 Å². The molecule has 0 amide bonds. The molecule has 1 aromatic carbocycles. The number of halogens is 2. The molecule has 4 heteroatoms.